The van der Waals surface area contributed by atoms with Crippen molar-refractivity contribution in [2.75, 3.05) is 61.5 Å². The maximum absolute atomic E-state index is 14.1. The summed E-state index contributed by atoms with van der Waals surface area (Å²) in [7, 11) is 0. The molecule has 1 atom stereocenters. The van der Waals surface area contributed by atoms with Gasteiger partial charge >= 0.3 is 12.2 Å². The van der Waals surface area contributed by atoms with Gasteiger partial charge in [-0.15, -0.1) is 0 Å². The van der Waals surface area contributed by atoms with Gasteiger partial charge in [0.1, 0.15) is 30.8 Å². The predicted octanol–water partition coefficient (Wildman–Crippen LogP) is 6.95. The SMILES string of the molecule is CCN1CCOc2cc3c(cc21)c(C(F)(F)F)cc(=O)n3C(=O)CCCCCC(=O)N1CCO[C@H](COc2cc(C)c(Br)cc2NC(=O)Nc2cnc(C)cn2)C1. The van der Waals surface area contributed by atoms with Crippen LogP contribution in [0.2, 0.25) is 0 Å². The molecule has 0 aliphatic carbocycles. The van der Waals surface area contributed by atoms with E-state index in [0.29, 0.717) is 86.7 Å². The average Bonchev–Trinajstić information content (AvgIpc) is 3.17. The number of carbonyl (C=O) groups is 3. The van der Waals surface area contributed by atoms with Gasteiger partial charge in [0, 0.05) is 47.9 Å². The zero-order valence-electron chi connectivity index (χ0n) is 31.7. The van der Waals surface area contributed by atoms with Crippen molar-refractivity contribution in [3.63, 3.8) is 0 Å². The van der Waals surface area contributed by atoms with Crippen LogP contribution in [0.25, 0.3) is 10.9 Å². The number of aromatic nitrogens is 3. The monoisotopic (exact) mass is 857 g/mol. The van der Waals surface area contributed by atoms with E-state index in [-0.39, 0.29) is 48.6 Å². The quantitative estimate of drug-likeness (QED) is 0.143. The lowest BCUT2D eigenvalue weighted by atomic mass is 10.0. The Bertz CT molecular complexity index is 2200. The van der Waals surface area contributed by atoms with E-state index in [9.17, 15) is 32.3 Å². The Morgan fingerprint density at radius 2 is 1.74 bits per heavy atom. The number of urea groups is 1. The first kappa shape index (κ1) is 41.4. The number of hydrogen-bond donors (Lipinski definition) is 2. The molecule has 2 N–H and O–H groups in total. The van der Waals surface area contributed by atoms with Crippen molar-refractivity contribution < 1.29 is 41.8 Å². The average molecular weight is 859 g/mol. The van der Waals surface area contributed by atoms with Gasteiger partial charge in [-0.05, 0) is 57.4 Å². The molecule has 18 heteroatoms. The largest absolute Gasteiger partial charge is 0.489 e. The summed E-state index contributed by atoms with van der Waals surface area (Å²) >= 11 is 3.49. The molecule has 3 amide bonds. The highest BCUT2D eigenvalue weighted by molar-refractivity contribution is 9.10. The minimum atomic E-state index is -4.81. The number of nitrogens with one attached hydrogen (secondary N) is 2. The Kier molecular flexibility index (Phi) is 13.0. The first-order valence-electron chi connectivity index (χ1n) is 18.6. The summed E-state index contributed by atoms with van der Waals surface area (Å²) in [6, 6.07) is 6.13. The van der Waals surface area contributed by atoms with Gasteiger partial charge in [0.05, 0.1) is 60.2 Å². The number of carbonyl (C=O) groups excluding carboxylic acids is 3. The Hall–Kier alpha value is -5.23. The molecule has 0 unspecified atom stereocenters. The van der Waals surface area contributed by atoms with Crippen LogP contribution >= 0.6 is 15.9 Å². The lowest BCUT2D eigenvalue weighted by Crippen LogP contribution is -2.47. The van der Waals surface area contributed by atoms with E-state index in [2.05, 4.69) is 36.5 Å². The molecule has 2 aromatic heterocycles. The highest BCUT2D eigenvalue weighted by Gasteiger charge is 2.36. The molecule has 0 saturated carbocycles. The van der Waals surface area contributed by atoms with Crippen molar-refractivity contribution in [3.05, 3.63) is 74.4 Å². The van der Waals surface area contributed by atoms with Crippen LogP contribution in [0.1, 0.15) is 60.6 Å². The third kappa shape index (κ3) is 10.0. The van der Waals surface area contributed by atoms with E-state index < -0.39 is 35.3 Å². The number of likely N-dealkylation sites (N-methyl/N-ethyl adjacent to an activating group) is 1. The van der Waals surface area contributed by atoms with Gasteiger partial charge in [0.2, 0.25) is 11.8 Å². The normalized spacial score (nSPS) is 15.5. The molecular weight excluding hydrogens is 815 g/mol. The number of hydrogen-bond acceptors (Lipinski definition) is 10. The summed E-state index contributed by atoms with van der Waals surface area (Å²) < 4.78 is 61.4. The zero-order chi connectivity index (χ0) is 40.9. The Morgan fingerprint density at radius 1 is 0.965 bits per heavy atom. The van der Waals surface area contributed by atoms with Crippen molar-refractivity contribution in [2.45, 2.75) is 65.2 Å². The number of fused-ring (bicyclic) bond motifs is 2. The molecule has 1 saturated heterocycles. The molecule has 1 fully saturated rings. The summed E-state index contributed by atoms with van der Waals surface area (Å²) in [5.41, 5.74) is 0.138. The molecule has 0 bridgehead atoms. The minimum absolute atomic E-state index is 0.0943. The number of amides is 3. The van der Waals surface area contributed by atoms with Crippen molar-refractivity contribution in [2.24, 2.45) is 0 Å². The minimum Gasteiger partial charge on any atom is -0.489 e. The molecule has 4 heterocycles. The molecule has 2 aromatic carbocycles. The van der Waals surface area contributed by atoms with Gasteiger partial charge in [-0.2, -0.15) is 13.2 Å². The van der Waals surface area contributed by atoms with Crippen LogP contribution in [0.15, 0.2) is 52.0 Å². The van der Waals surface area contributed by atoms with Crippen molar-refractivity contribution in [1.82, 2.24) is 19.4 Å². The zero-order valence-corrected chi connectivity index (χ0v) is 33.3. The van der Waals surface area contributed by atoms with Gasteiger partial charge in [-0.25, -0.2) is 14.3 Å². The van der Waals surface area contributed by atoms with Crippen molar-refractivity contribution in [1.29, 1.82) is 0 Å². The number of rotatable bonds is 12. The van der Waals surface area contributed by atoms with Crippen LogP contribution in [-0.2, 0) is 15.7 Å². The van der Waals surface area contributed by atoms with Gasteiger partial charge in [-0.1, -0.05) is 22.4 Å². The second-order valence-corrected chi connectivity index (χ2v) is 14.7. The lowest BCUT2D eigenvalue weighted by Gasteiger charge is -2.33. The highest BCUT2D eigenvalue weighted by Crippen LogP contribution is 2.40. The Balaban J connectivity index is 1.01. The van der Waals surface area contributed by atoms with Crippen molar-refractivity contribution in [3.8, 4) is 11.5 Å². The van der Waals surface area contributed by atoms with Crippen LogP contribution in [-0.4, -0.2) is 89.4 Å². The highest BCUT2D eigenvalue weighted by atomic mass is 79.9. The second-order valence-electron chi connectivity index (χ2n) is 13.8. The number of nitrogens with zero attached hydrogens (tertiary/aromatic N) is 5. The summed E-state index contributed by atoms with van der Waals surface area (Å²) in [5.74, 6) is 0.269. The molecule has 57 heavy (non-hydrogen) atoms. The number of alkyl halides is 3. The topological polar surface area (TPSA) is 157 Å². The van der Waals surface area contributed by atoms with Crippen LogP contribution in [0, 0.1) is 13.8 Å². The smallest absolute Gasteiger partial charge is 0.417 e. The number of pyridine rings is 1. The van der Waals surface area contributed by atoms with Gasteiger partial charge < -0.3 is 29.3 Å². The van der Waals surface area contributed by atoms with Gasteiger partial charge in [0.15, 0.2) is 5.82 Å². The van der Waals surface area contributed by atoms with Crippen LogP contribution in [0.5, 0.6) is 11.5 Å². The Labute approximate surface area is 334 Å². The van der Waals surface area contributed by atoms with Crippen LogP contribution < -0.4 is 30.6 Å². The van der Waals surface area contributed by atoms with E-state index in [0.717, 1.165) is 14.6 Å². The Morgan fingerprint density at radius 3 is 2.46 bits per heavy atom. The maximum atomic E-state index is 14.1. The van der Waals surface area contributed by atoms with E-state index in [1.165, 1.54) is 24.5 Å². The molecule has 6 rings (SSSR count). The number of aryl methyl sites for hydroxylation is 2. The fourth-order valence-corrected chi connectivity index (χ4v) is 7.08. The number of halogens is 4. The van der Waals surface area contributed by atoms with E-state index >= 15 is 0 Å². The van der Waals surface area contributed by atoms with E-state index in [1.807, 2.05) is 18.7 Å². The summed E-state index contributed by atoms with van der Waals surface area (Å²) in [4.78, 5) is 64.1. The number of morpholine rings is 1. The first-order chi connectivity index (χ1) is 27.2. The van der Waals surface area contributed by atoms with Crippen molar-refractivity contribution >= 4 is 61.9 Å². The number of ether oxygens (including phenoxy) is 3. The molecule has 2 aliphatic heterocycles. The number of benzene rings is 2. The second kappa shape index (κ2) is 17.9. The molecule has 0 spiro atoms. The fourth-order valence-electron chi connectivity index (χ4n) is 6.74. The third-order valence-corrected chi connectivity index (χ3v) is 10.6. The summed E-state index contributed by atoms with van der Waals surface area (Å²) in [5, 5.41) is 5.16. The summed E-state index contributed by atoms with van der Waals surface area (Å²) in [6.07, 6.45) is -0.878. The molecule has 304 valence electrons. The number of unbranched alkanes of at least 4 members (excludes halogenated alkanes) is 2. The molecule has 4 aromatic rings. The predicted molar refractivity (Wildman–Crippen MR) is 210 cm³/mol. The van der Waals surface area contributed by atoms with Crippen LogP contribution in [0.4, 0.5) is 35.2 Å². The lowest BCUT2D eigenvalue weighted by molar-refractivity contribution is -0.140. The molecule has 0 radical (unpaired) electrons. The van der Waals surface area contributed by atoms with Gasteiger partial charge in [-0.3, -0.25) is 24.7 Å². The van der Waals surface area contributed by atoms with Gasteiger partial charge in [0.25, 0.3) is 5.56 Å². The molecule has 2 aliphatic rings. The van der Waals surface area contributed by atoms with Crippen LogP contribution in [0.3, 0.4) is 0 Å². The maximum Gasteiger partial charge on any atom is 0.417 e. The number of anilines is 3. The standard InChI is InChI=1S/C39H43BrF3N7O7/c1-4-48-10-13-56-33-18-30-26(15-31(33)48)27(39(41,42)43)16-37(53)50(30)36(52)9-7-5-6-8-35(51)49-11-12-55-25(21-49)22-57-32-14-23(2)28(40)17-29(32)46-38(54)47-34-20-44-24(3)19-45-34/h14-20,25H,4-13,21-22H2,1-3H3,(H2,45,46,47,54)/t25-/m0/s1. The third-order valence-electron chi connectivity index (χ3n) is 9.72. The van der Waals surface area contributed by atoms with E-state index in [4.69, 9.17) is 14.2 Å². The first-order valence-corrected chi connectivity index (χ1v) is 19.4. The molecular formula is C39H43BrF3N7O7. The van der Waals surface area contributed by atoms with E-state index in [1.54, 1.807) is 24.0 Å². The molecule has 14 nitrogen and oxygen atoms in total. The fraction of sp³-hybridized carbons (Fsp3) is 0.436. The summed E-state index contributed by atoms with van der Waals surface area (Å²) in [6.45, 7) is 8.01.